The van der Waals surface area contributed by atoms with Crippen molar-refractivity contribution in [3.8, 4) is 0 Å². The van der Waals surface area contributed by atoms with Crippen LogP contribution in [0, 0.1) is 5.92 Å². The topological polar surface area (TPSA) is 117 Å². The van der Waals surface area contributed by atoms with Gasteiger partial charge in [-0.3, -0.25) is 9.59 Å². The van der Waals surface area contributed by atoms with Crippen LogP contribution >= 0.6 is 0 Å². The maximum atomic E-state index is 12.2. The van der Waals surface area contributed by atoms with Gasteiger partial charge >= 0.3 is 5.97 Å². The Labute approximate surface area is 151 Å². The molecule has 8 nitrogen and oxygen atoms in total. The van der Waals surface area contributed by atoms with E-state index in [1.54, 1.807) is 0 Å². The lowest BCUT2D eigenvalue weighted by Gasteiger charge is -2.13. The first-order valence-electron chi connectivity index (χ1n) is 7.78. The van der Waals surface area contributed by atoms with Gasteiger partial charge in [0.1, 0.15) is 6.26 Å². The van der Waals surface area contributed by atoms with E-state index >= 15 is 0 Å². The number of carboxylic acid groups (broad SMARTS) is 1. The molecule has 1 unspecified atom stereocenters. The van der Waals surface area contributed by atoms with Crippen LogP contribution in [0.3, 0.4) is 0 Å². The van der Waals surface area contributed by atoms with Crippen LogP contribution in [0.2, 0.25) is 0 Å². The van der Waals surface area contributed by atoms with E-state index in [2.05, 4.69) is 5.32 Å². The van der Waals surface area contributed by atoms with Gasteiger partial charge in [-0.25, -0.2) is 12.7 Å². The summed E-state index contributed by atoms with van der Waals surface area (Å²) in [4.78, 5) is 23.6. The van der Waals surface area contributed by atoms with Gasteiger partial charge in [-0.1, -0.05) is 30.3 Å². The van der Waals surface area contributed by atoms with Crippen LogP contribution in [0.25, 0.3) is 0 Å². The fourth-order valence-electron chi connectivity index (χ4n) is 2.21. The van der Waals surface area contributed by atoms with E-state index < -0.39 is 27.8 Å². The molecule has 2 N–H and O–H groups in total. The molecule has 0 bridgehead atoms. The Bertz CT molecular complexity index is 874. The number of aliphatic carboxylic acids is 1. The van der Waals surface area contributed by atoms with Crippen LogP contribution in [-0.2, 0) is 21.2 Å². The van der Waals surface area contributed by atoms with Crippen LogP contribution in [0.15, 0.2) is 52.2 Å². The van der Waals surface area contributed by atoms with E-state index in [0.29, 0.717) is 0 Å². The first kappa shape index (κ1) is 19.7. The van der Waals surface area contributed by atoms with Crippen molar-refractivity contribution >= 4 is 21.9 Å². The number of benzene rings is 1. The standard InChI is InChI=1S/C17H20N2O6S/c1-19(2)26(23,24)15-9-14(11-25-15)16(20)18-10-13(17(21)22)8-12-6-4-3-5-7-12/h3-7,9,11,13H,8,10H2,1-2H3,(H,18,20)(H,21,22). The molecule has 0 fully saturated rings. The second-order valence-electron chi connectivity index (χ2n) is 5.88. The molecular weight excluding hydrogens is 360 g/mol. The molecule has 2 aromatic rings. The number of hydrogen-bond donors (Lipinski definition) is 2. The third-order valence-corrected chi connectivity index (χ3v) is 5.44. The number of nitrogens with one attached hydrogen (secondary N) is 1. The molecule has 140 valence electrons. The lowest BCUT2D eigenvalue weighted by molar-refractivity contribution is -0.141. The molecule has 1 heterocycles. The molecule has 1 amide bonds. The van der Waals surface area contributed by atoms with Gasteiger partial charge < -0.3 is 14.8 Å². The number of nitrogens with zero attached hydrogens (tertiary/aromatic N) is 1. The van der Waals surface area contributed by atoms with E-state index in [1.165, 1.54) is 14.1 Å². The molecule has 1 aromatic carbocycles. The SMILES string of the molecule is CN(C)S(=O)(=O)c1cc(C(=O)NCC(Cc2ccccc2)C(=O)O)co1. The fraction of sp³-hybridized carbons (Fsp3) is 0.294. The minimum atomic E-state index is -3.78. The minimum absolute atomic E-state index is 0.00859. The van der Waals surface area contributed by atoms with Crippen LogP contribution in [0.5, 0.6) is 0 Å². The number of carbonyl (C=O) groups is 2. The van der Waals surface area contributed by atoms with Crippen LogP contribution in [0.4, 0.5) is 0 Å². The monoisotopic (exact) mass is 380 g/mol. The normalized spacial score (nSPS) is 12.7. The Balaban J connectivity index is 2.03. The van der Waals surface area contributed by atoms with Crippen molar-refractivity contribution in [2.24, 2.45) is 5.92 Å². The van der Waals surface area contributed by atoms with Gasteiger partial charge in [-0.15, -0.1) is 0 Å². The average molecular weight is 380 g/mol. The second-order valence-corrected chi connectivity index (χ2v) is 7.96. The number of furan rings is 1. The Kier molecular flexibility index (Phi) is 6.17. The summed E-state index contributed by atoms with van der Waals surface area (Å²) in [5, 5.41) is 11.5. The molecule has 0 radical (unpaired) electrons. The van der Waals surface area contributed by atoms with Crippen molar-refractivity contribution in [2.75, 3.05) is 20.6 Å². The lowest BCUT2D eigenvalue weighted by atomic mass is 9.99. The van der Waals surface area contributed by atoms with E-state index in [-0.39, 0.29) is 23.6 Å². The molecule has 2 rings (SSSR count). The van der Waals surface area contributed by atoms with E-state index in [0.717, 1.165) is 22.2 Å². The molecule has 0 aliphatic rings. The Hall–Kier alpha value is -2.65. The summed E-state index contributed by atoms with van der Waals surface area (Å²) in [5.74, 6) is -2.44. The molecule has 0 saturated carbocycles. The maximum Gasteiger partial charge on any atom is 0.308 e. The van der Waals surface area contributed by atoms with Gasteiger partial charge in [0.25, 0.3) is 15.9 Å². The van der Waals surface area contributed by atoms with Gasteiger partial charge in [-0.05, 0) is 12.0 Å². The Morgan fingerprint density at radius 1 is 1.23 bits per heavy atom. The molecule has 26 heavy (non-hydrogen) atoms. The number of sulfonamides is 1. The molecule has 0 spiro atoms. The van der Waals surface area contributed by atoms with Crippen molar-refractivity contribution in [2.45, 2.75) is 11.5 Å². The summed E-state index contributed by atoms with van der Waals surface area (Å²) in [7, 11) is -1.09. The second kappa shape index (κ2) is 8.15. The Morgan fingerprint density at radius 3 is 2.46 bits per heavy atom. The number of amides is 1. The predicted octanol–water partition coefficient (Wildman–Crippen LogP) is 1.20. The highest BCUT2D eigenvalue weighted by atomic mass is 32.2. The predicted molar refractivity (Wildman–Crippen MR) is 93.2 cm³/mol. The molecule has 1 aromatic heterocycles. The first-order chi connectivity index (χ1) is 12.2. The van der Waals surface area contributed by atoms with E-state index in [1.807, 2.05) is 30.3 Å². The molecule has 0 saturated heterocycles. The summed E-state index contributed by atoms with van der Waals surface area (Å²) in [6.07, 6.45) is 1.29. The van der Waals surface area contributed by atoms with Crippen molar-refractivity contribution in [1.29, 1.82) is 0 Å². The molecule has 9 heteroatoms. The third-order valence-electron chi connectivity index (χ3n) is 3.76. The summed E-state index contributed by atoms with van der Waals surface area (Å²) in [5.41, 5.74) is 0.853. The highest BCUT2D eigenvalue weighted by molar-refractivity contribution is 7.88. The zero-order valence-corrected chi connectivity index (χ0v) is 15.2. The molecule has 0 aliphatic carbocycles. The third kappa shape index (κ3) is 4.70. The van der Waals surface area contributed by atoms with Gasteiger partial charge in [0, 0.05) is 26.7 Å². The number of carboxylic acids is 1. The van der Waals surface area contributed by atoms with Gasteiger partial charge in [0.2, 0.25) is 5.09 Å². The highest BCUT2D eigenvalue weighted by Gasteiger charge is 2.24. The first-order valence-corrected chi connectivity index (χ1v) is 9.22. The average Bonchev–Trinajstić information content (AvgIpc) is 3.09. The summed E-state index contributed by atoms with van der Waals surface area (Å²) in [6, 6.07) is 10.2. The van der Waals surface area contributed by atoms with E-state index in [9.17, 15) is 23.1 Å². The number of hydrogen-bond acceptors (Lipinski definition) is 5. The van der Waals surface area contributed by atoms with Gasteiger partial charge in [0.05, 0.1) is 11.5 Å². The van der Waals surface area contributed by atoms with Gasteiger partial charge in [-0.2, -0.15) is 0 Å². The minimum Gasteiger partial charge on any atom is -0.481 e. The number of carbonyl (C=O) groups excluding carboxylic acids is 1. The molecule has 1 atom stereocenters. The zero-order valence-electron chi connectivity index (χ0n) is 14.4. The fourth-order valence-corrected chi connectivity index (χ4v) is 3.02. The zero-order chi connectivity index (χ0) is 19.3. The summed E-state index contributed by atoms with van der Waals surface area (Å²) in [6.45, 7) is -0.0932. The van der Waals surface area contributed by atoms with Crippen LogP contribution in [0.1, 0.15) is 15.9 Å². The maximum absolute atomic E-state index is 12.2. The highest BCUT2D eigenvalue weighted by Crippen LogP contribution is 2.17. The quantitative estimate of drug-likeness (QED) is 0.711. The summed E-state index contributed by atoms with van der Waals surface area (Å²) >= 11 is 0. The lowest BCUT2D eigenvalue weighted by Crippen LogP contribution is -2.34. The van der Waals surface area contributed by atoms with Crippen molar-refractivity contribution in [1.82, 2.24) is 9.62 Å². The van der Waals surface area contributed by atoms with Crippen LogP contribution < -0.4 is 5.32 Å². The number of rotatable bonds is 8. The van der Waals surface area contributed by atoms with Crippen molar-refractivity contribution in [3.63, 3.8) is 0 Å². The van der Waals surface area contributed by atoms with Crippen molar-refractivity contribution < 1.29 is 27.5 Å². The van der Waals surface area contributed by atoms with Gasteiger partial charge in [0.15, 0.2) is 0 Å². The van der Waals surface area contributed by atoms with E-state index in [4.69, 9.17) is 4.42 Å². The summed E-state index contributed by atoms with van der Waals surface area (Å²) < 4.78 is 29.8. The molecule has 0 aliphatic heterocycles. The largest absolute Gasteiger partial charge is 0.481 e. The van der Waals surface area contributed by atoms with Crippen molar-refractivity contribution in [3.05, 3.63) is 53.8 Å². The molecular formula is C17H20N2O6S. The van der Waals surface area contributed by atoms with Crippen LogP contribution in [-0.4, -0.2) is 50.3 Å². The smallest absolute Gasteiger partial charge is 0.308 e. The Morgan fingerprint density at radius 2 is 1.88 bits per heavy atom.